The summed E-state index contributed by atoms with van der Waals surface area (Å²) in [6.07, 6.45) is 6.61. The Kier molecular flexibility index (Phi) is 5.62. The lowest BCUT2D eigenvalue weighted by Crippen LogP contribution is -2.33. The van der Waals surface area contributed by atoms with Crippen LogP contribution in [0.25, 0.3) is 0 Å². The fourth-order valence-electron chi connectivity index (χ4n) is 3.59. The van der Waals surface area contributed by atoms with Crippen LogP contribution in [0.3, 0.4) is 0 Å². The lowest BCUT2D eigenvalue weighted by molar-refractivity contribution is 0.223. The summed E-state index contributed by atoms with van der Waals surface area (Å²) in [6, 6.07) is 5.14. The first kappa shape index (κ1) is 16.0. The molecule has 1 fully saturated rings. The molecule has 1 nitrogen and oxygen atoms in total. The molecule has 1 aromatic rings. The van der Waals surface area contributed by atoms with E-state index >= 15 is 0 Å². The third kappa shape index (κ3) is 4.29. The summed E-state index contributed by atoms with van der Waals surface area (Å²) >= 11 is 3.40. The number of rotatable bonds is 6. The Morgan fingerprint density at radius 2 is 2.00 bits per heavy atom. The van der Waals surface area contributed by atoms with E-state index in [9.17, 15) is 4.39 Å². The second kappa shape index (κ2) is 7.04. The molecule has 0 heterocycles. The van der Waals surface area contributed by atoms with Crippen molar-refractivity contribution >= 4 is 15.9 Å². The molecule has 0 saturated heterocycles. The zero-order chi connectivity index (χ0) is 14.6. The van der Waals surface area contributed by atoms with Crippen molar-refractivity contribution in [2.45, 2.75) is 52.5 Å². The lowest BCUT2D eigenvalue weighted by Gasteiger charge is -2.31. The average molecular weight is 342 g/mol. The van der Waals surface area contributed by atoms with E-state index in [4.69, 9.17) is 0 Å². The standard InChI is InChI=1S/C17H25BrFN/c1-13(2)10-17(7-3-4-8-17)12-20-11-14-9-15(18)5-6-16(14)19/h5-6,9,13,20H,3-4,7-8,10-12H2,1-2H3. The molecular weight excluding hydrogens is 317 g/mol. The zero-order valence-corrected chi connectivity index (χ0v) is 14.1. The van der Waals surface area contributed by atoms with Gasteiger partial charge in [-0.2, -0.15) is 0 Å². The molecule has 1 saturated carbocycles. The van der Waals surface area contributed by atoms with Gasteiger partial charge in [-0.05, 0) is 48.8 Å². The summed E-state index contributed by atoms with van der Waals surface area (Å²) in [4.78, 5) is 0. The number of benzene rings is 1. The van der Waals surface area contributed by atoms with Crippen LogP contribution in [0.4, 0.5) is 4.39 Å². The van der Waals surface area contributed by atoms with Crippen LogP contribution >= 0.6 is 15.9 Å². The van der Waals surface area contributed by atoms with E-state index in [0.717, 1.165) is 22.5 Å². The van der Waals surface area contributed by atoms with Gasteiger partial charge in [-0.15, -0.1) is 0 Å². The minimum atomic E-state index is -0.120. The summed E-state index contributed by atoms with van der Waals surface area (Å²) < 4.78 is 14.7. The number of hydrogen-bond acceptors (Lipinski definition) is 1. The third-order valence-corrected chi connectivity index (χ3v) is 4.82. The predicted octanol–water partition coefficient (Wildman–Crippen LogP) is 5.28. The molecule has 3 heteroatoms. The van der Waals surface area contributed by atoms with Gasteiger partial charge in [0.1, 0.15) is 5.82 Å². The highest BCUT2D eigenvalue weighted by molar-refractivity contribution is 9.10. The van der Waals surface area contributed by atoms with Crippen molar-refractivity contribution in [3.05, 3.63) is 34.1 Å². The number of halogens is 2. The van der Waals surface area contributed by atoms with Gasteiger partial charge in [-0.3, -0.25) is 0 Å². The van der Waals surface area contributed by atoms with Gasteiger partial charge in [0, 0.05) is 23.1 Å². The van der Waals surface area contributed by atoms with Gasteiger partial charge in [0.15, 0.2) is 0 Å². The summed E-state index contributed by atoms with van der Waals surface area (Å²) in [5.74, 6) is 0.613. The average Bonchev–Trinajstić information content (AvgIpc) is 2.81. The molecule has 0 aromatic heterocycles. The van der Waals surface area contributed by atoms with Gasteiger partial charge in [0.2, 0.25) is 0 Å². The molecule has 1 N–H and O–H groups in total. The first-order valence-electron chi connectivity index (χ1n) is 7.65. The van der Waals surface area contributed by atoms with E-state index in [-0.39, 0.29) is 5.82 Å². The highest BCUT2D eigenvalue weighted by atomic mass is 79.9. The fourth-order valence-corrected chi connectivity index (χ4v) is 3.99. The van der Waals surface area contributed by atoms with Crippen molar-refractivity contribution in [3.8, 4) is 0 Å². The maximum atomic E-state index is 13.7. The van der Waals surface area contributed by atoms with Crippen LogP contribution in [0.15, 0.2) is 22.7 Å². The third-order valence-electron chi connectivity index (χ3n) is 4.33. The molecule has 0 amide bonds. The Balaban J connectivity index is 1.91. The molecular formula is C17H25BrFN. The molecule has 0 bridgehead atoms. The van der Waals surface area contributed by atoms with Crippen molar-refractivity contribution in [2.75, 3.05) is 6.54 Å². The second-order valence-electron chi connectivity index (χ2n) is 6.64. The summed E-state index contributed by atoms with van der Waals surface area (Å²) in [5.41, 5.74) is 1.19. The van der Waals surface area contributed by atoms with Crippen molar-refractivity contribution in [1.82, 2.24) is 5.32 Å². The molecule has 112 valence electrons. The SMILES string of the molecule is CC(C)CC1(CNCc2cc(Br)ccc2F)CCCC1. The quantitative estimate of drug-likeness (QED) is 0.741. The lowest BCUT2D eigenvalue weighted by atomic mass is 9.78. The molecule has 0 atom stereocenters. The molecule has 0 aliphatic heterocycles. The largest absolute Gasteiger partial charge is 0.312 e. The van der Waals surface area contributed by atoms with Crippen LogP contribution < -0.4 is 5.32 Å². The van der Waals surface area contributed by atoms with Gasteiger partial charge in [0.05, 0.1) is 0 Å². The monoisotopic (exact) mass is 341 g/mol. The summed E-state index contributed by atoms with van der Waals surface area (Å²) in [7, 11) is 0. The molecule has 1 aliphatic carbocycles. The topological polar surface area (TPSA) is 12.0 Å². The van der Waals surface area contributed by atoms with Crippen molar-refractivity contribution in [1.29, 1.82) is 0 Å². The van der Waals surface area contributed by atoms with E-state index in [1.807, 2.05) is 6.07 Å². The van der Waals surface area contributed by atoms with Gasteiger partial charge in [-0.25, -0.2) is 4.39 Å². The number of nitrogens with one attached hydrogen (secondary N) is 1. The van der Waals surface area contributed by atoms with Crippen LogP contribution in [0, 0.1) is 17.2 Å². The highest BCUT2D eigenvalue weighted by Crippen LogP contribution is 2.42. The smallest absolute Gasteiger partial charge is 0.127 e. The molecule has 0 radical (unpaired) electrons. The highest BCUT2D eigenvalue weighted by Gasteiger charge is 2.33. The Morgan fingerprint density at radius 1 is 1.30 bits per heavy atom. The second-order valence-corrected chi connectivity index (χ2v) is 7.56. The maximum absolute atomic E-state index is 13.7. The van der Waals surface area contributed by atoms with Crippen molar-refractivity contribution in [3.63, 3.8) is 0 Å². The van der Waals surface area contributed by atoms with Gasteiger partial charge >= 0.3 is 0 Å². The summed E-state index contributed by atoms with van der Waals surface area (Å²) in [6.45, 7) is 6.23. The molecule has 1 aromatic carbocycles. The van der Waals surface area contributed by atoms with Crippen LogP contribution in [-0.2, 0) is 6.54 Å². The normalized spacial score (nSPS) is 17.9. The zero-order valence-electron chi connectivity index (χ0n) is 12.5. The van der Waals surface area contributed by atoms with Crippen LogP contribution in [0.5, 0.6) is 0 Å². The molecule has 1 aliphatic rings. The summed E-state index contributed by atoms with van der Waals surface area (Å²) in [5, 5.41) is 3.50. The van der Waals surface area contributed by atoms with Crippen LogP contribution in [-0.4, -0.2) is 6.54 Å². The Morgan fingerprint density at radius 3 is 2.65 bits per heavy atom. The van der Waals surface area contributed by atoms with E-state index in [1.54, 1.807) is 6.07 Å². The first-order chi connectivity index (χ1) is 9.51. The molecule has 20 heavy (non-hydrogen) atoms. The Bertz CT molecular complexity index is 439. The maximum Gasteiger partial charge on any atom is 0.127 e. The van der Waals surface area contributed by atoms with Gasteiger partial charge in [0.25, 0.3) is 0 Å². The fraction of sp³-hybridized carbons (Fsp3) is 0.647. The van der Waals surface area contributed by atoms with Crippen LogP contribution in [0.1, 0.15) is 51.5 Å². The number of hydrogen-bond donors (Lipinski definition) is 1. The molecule has 2 rings (SSSR count). The minimum Gasteiger partial charge on any atom is -0.312 e. The van der Waals surface area contributed by atoms with Crippen molar-refractivity contribution < 1.29 is 4.39 Å². The minimum absolute atomic E-state index is 0.120. The molecule has 0 spiro atoms. The Hall–Kier alpha value is -0.410. The van der Waals surface area contributed by atoms with E-state index < -0.39 is 0 Å². The predicted molar refractivity (Wildman–Crippen MR) is 86.2 cm³/mol. The van der Waals surface area contributed by atoms with Gasteiger partial charge < -0.3 is 5.32 Å². The van der Waals surface area contributed by atoms with Crippen LogP contribution in [0.2, 0.25) is 0 Å². The van der Waals surface area contributed by atoms with E-state index in [0.29, 0.717) is 12.0 Å². The van der Waals surface area contributed by atoms with Crippen molar-refractivity contribution in [2.24, 2.45) is 11.3 Å². The first-order valence-corrected chi connectivity index (χ1v) is 8.45. The van der Waals surface area contributed by atoms with Gasteiger partial charge in [-0.1, -0.05) is 42.6 Å². The molecule has 0 unspecified atom stereocenters. The van der Waals surface area contributed by atoms with E-state index in [2.05, 4.69) is 35.1 Å². The van der Waals surface area contributed by atoms with E-state index in [1.165, 1.54) is 38.2 Å². The Labute approximate surface area is 130 Å².